The third-order valence-corrected chi connectivity index (χ3v) is 4.53. The molecule has 16 heavy (non-hydrogen) atoms. The van der Waals surface area contributed by atoms with Gasteiger partial charge in [0.1, 0.15) is 0 Å². The zero-order valence-corrected chi connectivity index (χ0v) is 11.8. The summed E-state index contributed by atoms with van der Waals surface area (Å²) in [6.45, 7) is 7.54. The van der Waals surface area contributed by atoms with Crippen molar-refractivity contribution in [2.24, 2.45) is 5.73 Å². The smallest absolute Gasteiger partial charge is 0.0701 e. The Hall–Kier alpha value is 0.0600. The Morgan fingerprint density at radius 3 is 2.44 bits per heavy atom. The topological polar surface area (TPSA) is 32.5 Å². The minimum absolute atomic E-state index is 0.776. The van der Waals surface area contributed by atoms with E-state index in [1.165, 1.54) is 8.66 Å². The molecule has 1 aromatic heterocycles. The maximum atomic E-state index is 5.56. The molecule has 0 radical (unpaired) electrons. The van der Waals surface area contributed by atoms with Crippen molar-refractivity contribution in [1.29, 1.82) is 0 Å². The van der Waals surface area contributed by atoms with E-state index in [9.17, 15) is 0 Å². The normalized spacial score (nSPS) is 19.1. The minimum atomic E-state index is 0.776. The first-order valence-corrected chi connectivity index (χ1v) is 7.28. The molecular weight excluding hydrogens is 286 g/mol. The number of thiophene rings is 1. The quantitative estimate of drug-likeness (QED) is 0.917. The lowest BCUT2D eigenvalue weighted by Gasteiger charge is -2.34. The fourth-order valence-electron chi connectivity index (χ4n) is 2.01. The third-order valence-electron chi connectivity index (χ3n) is 2.92. The molecule has 0 aliphatic carbocycles. The van der Waals surface area contributed by atoms with Gasteiger partial charge >= 0.3 is 0 Å². The summed E-state index contributed by atoms with van der Waals surface area (Å²) in [4.78, 5) is 6.41. The highest BCUT2D eigenvalue weighted by molar-refractivity contribution is 9.11. The largest absolute Gasteiger partial charge is 0.329 e. The van der Waals surface area contributed by atoms with E-state index in [1.807, 2.05) is 11.3 Å². The molecule has 2 heterocycles. The third kappa shape index (κ3) is 3.53. The Bertz CT molecular complexity index is 321. The van der Waals surface area contributed by atoms with Gasteiger partial charge in [-0.3, -0.25) is 9.80 Å². The summed E-state index contributed by atoms with van der Waals surface area (Å²) in [7, 11) is 0. The van der Waals surface area contributed by atoms with Crippen LogP contribution in [-0.4, -0.2) is 49.1 Å². The van der Waals surface area contributed by atoms with Crippen molar-refractivity contribution in [3.8, 4) is 0 Å². The van der Waals surface area contributed by atoms with E-state index < -0.39 is 0 Å². The van der Waals surface area contributed by atoms with E-state index >= 15 is 0 Å². The molecule has 90 valence electrons. The Kier molecular flexibility index (Phi) is 4.79. The number of piperazine rings is 1. The standard InChI is InChI=1S/C11H18BrN3S/c12-11-2-1-10(16-11)9-15-7-5-14(4-3-13)6-8-15/h1-2H,3-9,13H2. The summed E-state index contributed by atoms with van der Waals surface area (Å²) < 4.78 is 1.23. The Balaban J connectivity index is 1.77. The van der Waals surface area contributed by atoms with Gasteiger partial charge in [-0.2, -0.15) is 0 Å². The van der Waals surface area contributed by atoms with Gasteiger partial charge in [0.05, 0.1) is 3.79 Å². The lowest BCUT2D eigenvalue weighted by Crippen LogP contribution is -2.47. The first-order valence-electron chi connectivity index (χ1n) is 5.67. The van der Waals surface area contributed by atoms with E-state index in [4.69, 9.17) is 5.73 Å². The second-order valence-corrected chi connectivity index (χ2v) is 6.66. The van der Waals surface area contributed by atoms with Crippen LogP contribution in [0.2, 0.25) is 0 Å². The fourth-order valence-corrected chi connectivity index (χ4v) is 3.54. The Labute approximate surface area is 109 Å². The van der Waals surface area contributed by atoms with E-state index in [1.54, 1.807) is 0 Å². The first kappa shape index (κ1) is 12.5. The maximum absolute atomic E-state index is 5.56. The second kappa shape index (κ2) is 6.12. The number of rotatable bonds is 4. The predicted octanol–water partition coefficient (Wildman–Crippen LogP) is 1.59. The lowest BCUT2D eigenvalue weighted by molar-refractivity contribution is 0.130. The highest BCUT2D eigenvalue weighted by atomic mass is 79.9. The van der Waals surface area contributed by atoms with Crippen molar-refractivity contribution in [2.45, 2.75) is 6.54 Å². The zero-order chi connectivity index (χ0) is 11.4. The van der Waals surface area contributed by atoms with Gasteiger partial charge in [-0.05, 0) is 28.1 Å². The molecule has 2 rings (SSSR count). The predicted molar refractivity (Wildman–Crippen MR) is 72.8 cm³/mol. The summed E-state index contributed by atoms with van der Waals surface area (Å²) in [5, 5.41) is 0. The van der Waals surface area contributed by atoms with Gasteiger partial charge in [0.2, 0.25) is 0 Å². The molecule has 1 saturated heterocycles. The number of nitrogens with two attached hydrogens (primary N) is 1. The van der Waals surface area contributed by atoms with Crippen molar-refractivity contribution in [2.75, 3.05) is 39.3 Å². The van der Waals surface area contributed by atoms with Gasteiger partial charge < -0.3 is 5.73 Å². The van der Waals surface area contributed by atoms with Crippen LogP contribution < -0.4 is 5.73 Å². The Morgan fingerprint density at radius 1 is 1.19 bits per heavy atom. The van der Waals surface area contributed by atoms with Crippen LogP contribution in [0.4, 0.5) is 0 Å². The summed E-state index contributed by atoms with van der Waals surface area (Å²) in [5.74, 6) is 0. The van der Waals surface area contributed by atoms with Crippen molar-refractivity contribution >= 4 is 27.3 Å². The van der Waals surface area contributed by atoms with Gasteiger partial charge in [0.25, 0.3) is 0 Å². The van der Waals surface area contributed by atoms with Crippen LogP contribution in [0, 0.1) is 0 Å². The molecular formula is C11H18BrN3S. The molecule has 0 saturated carbocycles. The molecule has 0 unspecified atom stereocenters. The molecule has 1 aliphatic rings. The minimum Gasteiger partial charge on any atom is -0.329 e. The highest BCUT2D eigenvalue weighted by Crippen LogP contribution is 2.23. The average molecular weight is 304 g/mol. The van der Waals surface area contributed by atoms with E-state index in [0.717, 1.165) is 45.8 Å². The number of halogens is 1. The van der Waals surface area contributed by atoms with E-state index in [0.29, 0.717) is 0 Å². The monoisotopic (exact) mass is 303 g/mol. The Morgan fingerprint density at radius 2 is 1.88 bits per heavy atom. The van der Waals surface area contributed by atoms with Crippen molar-refractivity contribution in [3.05, 3.63) is 20.8 Å². The fraction of sp³-hybridized carbons (Fsp3) is 0.636. The van der Waals surface area contributed by atoms with Crippen LogP contribution in [-0.2, 0) is 6.54 Å². The van der Waals surface area contributed by atoms with Crippen LogP contribution in [0.5, 0.6) is 0 Å². The molecule has 0 spiro atoms. The maximum Gasteiger partial charge on any atom is 0.0701 e. The molecule has 1 aromatic rings. The van der Waals surface area contributed by atoms with Crippen LogP contribution in [0.15, 0.2) is 15.9 Å². The molecule has 1 fully saturated rings. The first-order chi connectivity index (χ1) is 7.78. The van der Waals surface area contributed by atoms with Gasteiger partial charge in [-0.25, -0.2) is 0 Å². The average Bonchev–Trinajstić information content (AvgIpc) is 2.67. The summed E-state index contributed by atoms with van der Waals surface area (Å²) in [6, 6.07) is 4.34. The van der Waals surface area contributed by atoms with Gasteiger partial charge in [-0.15, -0.1) is 11.3 Å². The van der Waals surface area contributed by atoms with Gasteiger partial charge in [0, 0.05) is 50.7 Å². The molecule has 0 bridgehead atoms. The van der Waals surface area contributed by atoms with Crippen LogP contribution in [0.3, 0.4) is 0 Å². The van der Waals surface area contributed by atoms with Gasteiger partial charge in [0.15, 0.2) is 0 Å². The summed E-state index contributed by atoms with van der Waals surface area (Å²) >= 11 is 5.34. The summed E-state index contributed by atoms with van der Waals surface area (Å²) in [6.07, 6.45) is 0. The molecule has 5 heteroatoms. The number of hydrogen-bond acceptors (Lipinski definition) is 4. The van der Waals surface area contributed by atoms with Crippen molar-refractivity contribution in [1.82, 2.24) is 9.80 Å². The molecule has 0 aromatic carbocycles. The molecule has 0 atom stereocenters. The second-order valence-electron chi connectivity index (χ2n) is 4.11. The molecule has 0 amide bonds. The molecule has 1 aliphatic heterocycles. The highest BCUT2D eigenvalue weighted by Gasteiger charge is 2.16. The van der Waals surface area contributed by atoms with Crippen LogP contribution in [0.25, 0.3) is 0 Å². The van der Waals surface area contributed by atoms with E-state index in [-0.39, 0.29) is 0 Å². The number of hydrogen-bond donors (Lipinski definition) is 1. The SMILES string of the molecule is NCCN1CCN(Cc2ccc(Br)s2)CC1. The number of nitrogens with zero attached hydrogens (tertiary/aromatic N) is 2. The zero-order valence-electron chi connectivity index (χ0n) is 9.36. The lowest BCUT2D eigenvalue weighted by atomic mass is 10.3. The van der Waals surface area contributed by atoms with Crippen LogP contribution >= 0.6 is 27.3 Å². The van der Waals surface area contributed by atoms with Crippen molar-refractivity contribution < 1.29 is 0 Å². The summed E-state index contributed by atoms with van der Waals surface area (Å²) in [5.41, 5.74) is 5.56. The van der Waals surface area contributed by atoms with Crippen molar-refractivity contribution in [3.63, 3.8) is 0 Å². The van der Waals surface area contributed by atoms with E-state index in [2.05, 4.69) is 37.9 Å². The molecule has 2 N–H and O–H groups in total. The van der Waals surface area contributed by atoms with Gasteiger partial charge in [-0.1, -0.05) is 0 Å². The van der Waals surface area contributed by atoms with Crippen LogP contribution in [0.1, 0.15) is 4.88 Å². The molecule has 3 nitrogen and oxygen atoms in total.